The Bertz CT molecular complexity index is 724. The van der Waals surface area contributed by atoms with E-state index in [-0.39, 0.29) is 11.3 Å². The van der Waals surface area contributed by atoms with Gasteiger partial charge in [-0.1, -0.05) is 23.7 Å². The molecule has 0 bridgehead atoms. The molecule has 106 valence electrons. The molecule has 0 aliphatic rings. The first-order chi connectivity index (χ1) is 10.1. The highest BCUT2D eigenvalue weighted by atomic mass is 35.5. The molecule has 0 aromatic heterocycles. The molecule has 0 aliphatic carbocycles. The Morgan fingerprint density at radius 1 is 1.33 bits per heavy atom. The van der Waals surface area contributed by atoms with E-state index < -0.39 is 17.5 Å². The predicted octanol–water partition coefficient (Wildman–Crippen LogP) is 3.98. The molecule has 2 aromatic rings. The van der Waals surface area contributed by atoms with Gasteiger partial charge in [0.05, 0.1) is 13.2 Å². The molecule has 0 N–H and O–H groups in total. The highest BCUT2D eigenvalue weighted by molar-refractivity contribution is 6.30. The quantitative estimate of drug-likeness (QED) is 0.803. The highest BCUT2D eigenvalue weighted by Gasteiger charge is 2.23. The fraction of sp³-hybridized carbons (Fsp3) is 0.125. The van der Waals surface area contributed by atoms with Crippen molar-refractivity contribution in [2.24, 2.45) is 0 Å². The number of ether oxygens (including phenoxy) is 1. The van der Waals surface area contributed by atoms with E-state index in [1.54, 1.807) is 24.3 Å². The molecule has 1 atom stereocenters. The second kappa shape index (κ2) is 6.38. The number of halogens is 2. The van der Waals surface area contributed by atoms with Crippen molar-refractivity contribution >= 4 is 17.4 Å². The van der Waals surface area contributed by atoms with E-state index in [1.807, 2.05) is 6.07 Å². The van der Waals surface area contributed by atoms with E-state index in [9.17, 15) is 14.4 Å². The zero-order chi connectivity index (χ0) is 15.4. The minimum atomic E-state index is -1.00. The summed E-state index contributed by atoms with van der Waals surface area (Å²) in [4.78, 5) is 12.4. The molecule has 5 heteroatoms. The van der Waals surface area contributed by atoms with Crippen LogP contribution in [0.3, 0.4) is 0 Å². The van der Waals surface area contributed by atoms with Crippen LogP contribution in [0.25, 0.3) is 0 Å². The van der Waals surface area contributed by atoms with E-state index in [4.69, 9.17) is 16.3 Å². The van der Waals surface area contributed by atoms with Crippen LogP contribution in [0.2, 0.25) is 5.02 Å². The number of hydrogen-bond acceptors (Lipinski definition) is 3. The molecule has 0 aliphatic heterocycles. The molecule has 0 radical (unpaired) electrons. The Balaban J connectivity index is 2.40. The van der Waals surface area contributed by atoms with Crippen molar-refractivity contribution in [3.8, 4) is 11.8 Å². The fourth-order valence-corrected chi connectivity index (χ4v) is 2.15. The number of Topliss-reactive ketones (excluding diaryl/α,β-unsaturated/α-hetero) is 1. The summed E-state index contributed by atoms with van der Waals surface area (Å²) in [5.41, 5.74) is 0.707. The summed E-state index contributed by atoms with van der Waals surface area (Å²) in [5.74, 6) is -2.04. The lowest BCUT2D eigenvalue weighted by Gasteiger charge is -2.10. The third-order valence-electron chi connectivity index (χ3n) is 3.01. The van der Waals surface area contributed by atoms with Crippen LogP contribution in [-0.2, 0) is 0 Å². The summed E-state index contributed by atoms with van der Waals surface area (Å²) < 4.78 is 18.2. The van der Waals surface area contributed by atoms with Crippen LogP contribution in [-0.4, -0.2) is 12.9 Å². The standard InChI is InChI=1S/C16H11ClFNO2/c1-21-15-8-11(5-6-14(15)18)16(20)13(9-19)10-3-2-4-12(17)7-10/h2-8,13H,1H3. The minimum Gasteiger partial charge on any atom is -0.494 e. The first kappa shape index (κ1) is 15.0. The van der Waals surface area contributed by atoms with Gasteiger partial charge in [-0.25, -0.2) is 4.39 Å². The molecule has 2 rings (SSSR count). The number of methoxy groups -OCH3 is 1. The lowest BCUT2D eigenvalue weighted by atomic mass is 9.92. The Labute approximate surface area is 126 Å². The zero-order valence-electron chi connectivity index (χ0n) is 11.1. The van der Waals surface area contributed by atoms with E-state index in [0.717, 1.165) is 6.07 Å². The lowest BCUT2D eigenvalue weighted by molar-refractivity contribution is 0.0978. The maximum absolute atomic E-state index is 13.4. The Kier molecular flexibility index (Phi) is 4.56. The number of ketones is 1. The molecule has 0 spiro atoms. The molecular weight excluding hydrogens is 293 g/mol. The van der Waals surface area contributed by atoms with E-state index >= 15 is 0 Å². The van der Waals surface area contributed by atoms with Gasteiger partial charge in [0.2, 0.25) is 0 Å². The Hall–Kier alpha value is -2.38. The third-order valence-corrected chi connectivity index (χ3v) is 3.24. The van der Waals surface area contributed by atoms with Gasteiger partial charge in [-0.05, 0) is 35.9 Å². The van der Waals surface area contributed by atoms with Gasteiger partial charge in [-0.15, -0.1) is 0 Å². The van der Waals surface area contributed by atoms with Gasteiger partial charge >= 0.3 is 0 Å². The van der Waals surface area contributed by atoms with E-state index in [2.05, 4.69) is 0 Å². The second-order valence-electron chi connectivity index (χ2n) is 4.33. The van der Waals surface area contributed by atoms with Crippen LogP contribution < -0.4 is 4.74 Å². The number of carbonyl (C=O) groups is 1. The highest BCUT2D eigenvalue weighted by Crippen LogP contribution is 2.26. The van der Waals surface area contributed by atoms with Crippen molar-refractivity contribution < 1.29 is 13.9 Å². The van der Waals surface area contributed by atoms with Crippen LogP contribution in [0.5, 0.6) is 5.75 Å². The van der Waals surface area contributed by atoms with Gasteiger partial charge < -0.3 is 4.74 Å². The van der Waals surface area contributed by atoms with Crippen molar-refractivity contribution in [3.63, 3.8) is 0 Å². The zero-order valence-corrected chi connectivity index (χ0v) is 11.9. The summed E-state index contributed by atoms with van der Waals surface area (Å²) in [5, 5.41) is 9.71. The SMILES string of the molecule is COc1cc(C(=O)C(C#N)c2cccc(Cl)c2)ccc1F. The van der Waals surface area contributed by atoms with Crippen LogP contribution in [0, 0.1) is 17.1 Å². The molecular formula is C16H11ClFNO2. The smallest absolute Gasteiger partial charge is 0.184 e. The van der Waals surface area contributed by atoms with Crippen molar-refractivity contribution in [2.75, 3.05) is 7.11 Å². The topological polar surface area (TPSA) is 50.1 Å². The number of carbonyl (C=O) groups excluding carboxylic acids is 1. The monoisotopic (exact) mass is 303 g/mol. The minimum absolute atomic E-state index is 0.0383. The number of nitriles is 1. The lowest BCUT2D eigenvalue weighted by Crippen LogP contribution is -2.11. The summed E-state index contributed by atoms with van der Waals surface area (Å²) in [7, 11) is 1.31. The van der Waals surface area contributed by atoms with Gasteiger partial charge in [0.25, 0.3) is 0 Å². The number of hydrogen-bond donors (Lipinski definition) is 0. The average molecular weight is 304 g/mol. The van der Waals surface area contributed by atoms with Crippen molar-refractivity contribution in [2.45, 2.75) is 5.92 Å². The molecule has 3 nitrogen and oxygen atoms in total. The van der Waals surface area contributed by atoms with Gasteiger partial charge in [-0.2, -0.15) is 5.26 Å². The molecule has 0 saturated heterocycles. The molecule has 0 amide bonds. The summed E-state index contributed by atoms with van der Waals surface area (Å²) in [6, 6.07) is 12.2. The normalized spacial score (nSPS) is 11.5. The van der Waals surface area contributed by atoms with E-state index in [1.165, 1.54) is 19.2 Å². The molecule has 21 heavy (non-hydrogen) atoms. The van der Waals surface area contributed by atoms with Crippen LogP contribution in [0.15, 0.2) is 42.5 Å². The molecule has 1 unspecified atom stereocenters. The summed E-state index contributed by atoms with van der Waals surface area (Å²) in [6.07, 6.45) is 0. The van der Waals surface area contributed by atoms with Crippen LogP contribution >= 0.6 is 11.6 Å². The van der Waals surface area contributed by atoms with Crippen LogP contribution in [0.4, 0.5) is 4.39 Å². The number of rotatable bonds is 4. The van der Waals surface area contributed by atoms with Crippen molar-refractivity contribution in [3.05, 3.63) is 64.4 Å². The molecule has 0 fully saturated rings. The first-order valence-corrected chi connectivity index (χ1v) is 6.47. The third kappa shape index (κ3) is 3.21. The van der Waals surface area contributed by atoms with Crippen LogP contribution in [0.1, 0.15) is 21.8 Å². The number of benzene rings is 2. The van der Waals surface area contributed by atoms with Gasteiger partial charge in [0.1, 0.15) is 5.92 Å². The fourth-order valence-electron chi connectivity index (χ4n) is 1.95. The summed E-state index contributed by atoms with van der Waals surface area (Å²) >= 11 is 5.87. The van der Waals surface area contributed by atoms with Gasteiger partial charge in [0, 0.05) is 10.6 Å². The van der Waals surface area contributed by atoms with Gasteiger partial charge in [0.15, 0.2) is 17.3 Å². The largest absolute Gasteiger partial charge is 0.494 e. The summed E-state index contributed by atoms with van der Waals surface area (Å²) in [6.45, 7) is 0. The number of nitrogens with zero attached hydrogens (tertiary/aromatic N) is 1. The molecule has 0 heterocycles. The average Bonchev–Trinajstić information content (AvgIpc) is 2.48. The second-order valence-corrected chi connectivity index (χ2v) is 4.77. The Morgan fingerprint density at radius 2 is 2.10 bits per heavy atom. The maximum Gasteiger partial charge on any atom is 0.184 e. The first-order valence-electron chi connectivity index (χ1n) is 6.09. The molecule has 2 aromatic carbocycles. The van der Waals surface area contributed by atoms with Gasteiger partial charge in [-0.3, -0.25) is 4.79 Å². The maximum atomic E-state index is 13.4. The Morgan fingerprint density at radius 3 is 2.71 bits per heavy atom. The molecule has 0 saturated carbocycles. The van der Waals surface area contributed by atoms with Crippen molar-refractivity contribution in [1.29, 1.82) is 5.26 Å². The predicted molar refractivity (Wildman–Crippen MR) is 77.1 cm³/mol. The van der Waals surface area contributed by atoms with E-state index in [0.29, 0.717) is 10.6 Å². The van der Waals surface area contributed by atoms with Crippen molar-refractivity contribution in [1.82, 2.24) is 0 Å².